The van der Waals surface area contributed by atoms with Gasteiger partial charge in [0, 0.05) is 25.0 Å². The van der Waals surface area contributed by atoms with Crippen LogP contribution in [-0.4, -0.2) is 31.6 Å². The highest BCUT2D eigenvalue weighted by Gasteiger charge is 2.13. The van der Waals surface area contributed by atoms with Gasteiger partial charge >= 0.3 is 0 Å². The summed E-state index contributed by atoms with van der Waals surface area (Å²) < 4.78 is 4.89. The molecule has 6 heteroatoms. The third-order valence-corrected chi connectivity index (χ3v) is 2.61. The molecular weight excluding hydrogens is 246 g/mol. The summed E-state index contributed by atoms with van der Waals surface area (Å²) in [6, 6.07) is 5.81. The zero-order valence-corrected chi connectivity index (χ0v) is 10.9. The molecule has 5 N–H and O–H groups in total. The molecule has 19 heavy (non-hydrogen) atoms. The number of nitrogens with one attached hydrogen (secondary N) is 1. The number of methoxy groups -OCH3 is 1. The second kappa shape index (κ2) is 7.50. The SMILES string of the molecule is COCCCC(N)C(=O)Nc1cccc(C(N)=O)c1. The maximum absolute atomic E-state index is 11.8. The Bertz CT molecular complexity index is 449. The number of primary amides is 1. The van der Waals surface area contributed by atoms with Gasteiger partial charge in [-0.05, 0) is 31.0 Å². The molecule has 1 aromatic carbocycles. The van der Waals surface area contributed by atoms with Crippen LogP contribution < -0.4 is 16.8 Å². The molecule has 0 saturated heterocycles. The molecule has 0 radical (unpaired) electrons. The summed E-state index contributed by atoms with van der Waals surface area (Å²) >= 11 is 0. The minimum Gasteiger partial charge on any atom is -0.385 e. The van der Waals surface area contributed by atoms with E-state index in [-0.39, 0.29) is 5.91 Å². The summed E-state index contributed by atoms with van der Waals surface area (Å²) in [5.74, 6) is -0.835. The Kier molecular flexibility index (Phi) is 5.98. The summed E-state index contributed by atoms with van der Waals surface area (Å²) in [6.07, 6.45) is 1.25. The van der Waals surface area contributed by atoms with Gasteiger partial charge in [0.25, 0.3) is 0 Å². The molecule has 1 unspecified atom stereocenters. The van der Waals surface area contributed by atoms with E-state index in [4.69, 9.17) is 16.2 Å². The van der Waals surface area contributed by atoms with Crippen molar-refractivity contribution in [3.05, 3.63) is 29.8 Å². The van der Waals surface area contributed by atoms with Crippen molar-refractivity contribution < 1.29 is 14.3 Å². The molecule has 0 aromatic heterocycles. The number of carbonyl (C=O) groups is 2. The number of nitrogens with two attached hydrogens (primary N) is 2. The van der Waals surface area contributed by atoms with Crippen LogP contribution >= 0.6 is 0 Å². The van der Waals surface area contributed by atoms with Gasteiger partial charge in [0.05, 0.1) is 6.04 Å². The molecule has 0 aliphatic heterocycles. The van der Waals surface area contributed by atoms with Gasteiger partial charge in [0.15, 0.2) is 0 Å². The lowest BCUT2D eigenvalue weighted by molar-refractivity contribution is -0.117. The molecule has 6 nitrogen and oxygen atoms in total. The van der Waals surface area contributed by atoms with E-state index >= 15 is 0 Å². The average Bonchev–Trinajstić information content (AvgIpc) is 2.39. The monoisotopic (exact) mass is 265 g/mol. The fourth-order valence-corrected chi connectivity index (χ4v) is 1.56. The van der Waals surface area contributed by atoms with Gasteiger partial charge in [-0.3, -0.25) is 9.59 Å². The first kappa shape index (κ1) is 15.1. The summed E-state index contributed by atoms with van der Waals surface area (Å²) in [5, 5.41) is 2.65. The minimum atomic E-state index is -0.604. The van der Waals surface area contributed by atoms with E-state index in [0.717, 1.165) is 0 Å². The van der Waals surface area contributed by atoms with E-state index in [2.05, 4.69) is 5.32 Å². The van der Waals surface area contributed by atoms with Crippen LogP contribution in [0.25, 0.3) is 0 Å². The highest BCUT2D eigenvalue weighted by atomic mass is 16.5. The largest absolute Gasteiger partial charge is 0.385 e. The van der Waals surface area contributed by atoms with Gasteiger partial charge in [0.2, 0.25) is 11.8 Å². The van der Waals surface area contributed by atoms with Crippen molar-refractivity contribution in [2.75, 3.05) is 19.0 Å². The van der Waals surface area contributed by atoms with Gasteiger partial charge in [-0.1, -0.05) is 6.07 Å². The first-order valence-electron chi connectivity index (χ1n) is 6.00. The topological polar surface area (TPSA) is 107 Å². The Morgan fingerprint density at radius 3 is 2.79 bits per heavy atom. The Balaban J connectivity index is 2.56. The number of rotatable bonds is 7. The van der Waals surface area contributed by atoms with Gasteiger partial charge in [-0.25, -0.2) is 0 Å². The normalized spacial score (nSPS) is 11.9. The zero-order valence-electron chi connectivity index (χ0n) is 10.9. The lowest BCUT2D eigenvalue weighted by atomic mass is 10.1. The fourth-order valence-electron chi connectivity index (χ4n) is 1.56. The second-order valence-electron chi connectivity index (χ2n) is 4.18. The standard InChI is InChI=1S/C13H19N3O3/c1-19-7-3-6-11(14)13(18)16-10-5-2-4-9(8-10)12(15)17/h2,4-5,8,11H,3,6-7,14H2,1H3,(H2,15,17)(H,16,18). The quantitative estimate of drug-likeness (QED) is 0.623. The van der Waals surface area contributed by atoms with Crippen molar-refractivity contribution >= 4 is 17.5 Å². The highest BCUT2D eigenvalue weighted by molar-refractivity contribution is 5.97. The molecule has 0 spiro atoms. The summed E-state index contributed by atoms with van der Waals surface area (Å²) in [4.78, 5) is 22.8. The maximum Gasteiger partial charge on any atom is 0.248 e. The smallest absolute Gasteiger partial charge is 0.248 e. The molecule has 0 saturated carbocycles. The molecule has 1 atom stereocenters. The maximum atomic E-state index is 11.8. The molecule has 0 aliphatic rings. The van der Waals surface area contributed by atoms with E-state index in [1.807, 2.05) is 0 Å². The van der Waals surface area contributed by atoms with E-state index in [1.165, 1.54) is 6.07 Å². The average molecular weight is 265 g/mol. The van der Waals surface area contributed by atoms with Crippen molar-refractivity contribution in [3.8, 4) is 0 Å². The molecular formula is C13H19N3O3. The minimum absolute atomic E-state index is 0.294. The first-order valence-corrected chi connectivity index (χ1v) is 6.00. The van der Waals surface area contributed by atoms with E-state index in [1.54, 1.807) is 25.3 Å². The van der Waals surface area contributed by atoms with Crippen LogP contribution in [0.15, 0.2) is 24.3 Å². The van der Waals surface area contributed by atoms with E-state index in [9.17, 15) is 9.59 Å². The number of hydrogen-bond acceptors (Lipinski definition) is 4. The van der Waals surface area contributed by atoms with Crippen LogP contribution in [0.4, 0.5) is 5.69 Å². The van der Waals surface area contributed by atoms with Crippen molar-refractivity contribution in [1.82, 2.24) is 0 Å². The number of anilines is 1. The van der Waals surface area contributed by atoms with Crippen molar-refractivity contribution in [1.29, 1.82) is 0 Å². The Hall–Kier alpha value is -1.92. The molecule has 2 amide bonds. The number of hydrogen-bond donors (Lipinski definition) is 3. The van der Waals surface area contributed by atoms with Crippen LogP contribution in [-0.2, 0) is 9.53 Å². The Morgan fingerprint density at radius 1 is 1.42 bits per heavy atom. The van der Waals surface area contributed by atoms with Crippen molar-refractivity contribution in [2.24, 2.45) is 11.5 Å². The van der Waals surface area contributed by atoms with Crippen molar-refractivity contribution in [3.63, 3.8) is 0 Å². The summed E-state index contributed by atoms with van der Waals surface area (Å²) in [6.45, 7) is 0.568. The summed E-state index contributed by atoms with van der Waals surface area (Å²) in [7, 11) is 1.60. The van der Waals surface area contributed by atoms with E-state index < -0.39 is 11.9 Å². The summed E-state index contributed by atoms with van der Waals surface area (Å²) in [5.41, 5.74) is 11.8. The van der Waals surface area contributed by atoms with Gasteiger partial charge in [-0.15, -0.1) is 0 Å². The lowest BCUT2D eigenvalue weighted by Gasteiger charge is -2.12. The number of ether oxygens (including phenoxy) is 1. The van der Waals surface area contributed by atoms with Crippen LogP contribution in [0.3, 0.4) is 0 Å². The van der Waals surface area contributed by atoms with Crippen LogP contribution in [0.2, 0.25) is 0 Å². The van der Waals surface area contributed by atoms with Gasteiger partial charge < -0.3 is 21.5 Å². The van der Waals surface area contributed by atoms with Crippen LogP contribution in [0.5, 0.6) is 0 Å². The molecule has 0 bridgehead atoms. The molecule has 0 aliphatic carbocycles. The second-order valence-corrected chi connectivity index (χ2v) is 4.18. The number of benzene rings is 1. The third kappa shape index (κ3) is 5.07. The molecule has 0 fully saturated rings. The van der Waals surface area contributed by atoms with Crippen LogP contribution in [0.1, 0.15) is 23.2 Å². The first-order chi connectivity index (χ1) is 9.04. The van der Waals surface area contributed by atoms with Gasteiger partial charge in [-0.2, -0.15) is 0 Å². The lowest BCUT2D eigenvalue weighted by Crippen LogP contribution is -2.35. The predicted octanol–water partition coefficient (Wildman–Crippen LogP) is 0.478. The number of amides is 2. The predicted molar refractivity (Wildman–Crippen MR) is 72.7 cm³/mol. The Labute approximate surface area is 112 Å². The third-order valence-electron chi connectivity index (χ3n) is 2.61. The number of carbonyl (C=O) groups excluding carboxylic acids is 2. The zero-order chi connectivity index (χ0) is 14.3. The molecule has 104 valence electrons. The molecule has 0 heterocycles. The Morgan fingerprint density at radius 2 is 2.16 bits per heavy atom. The van der Waals surface area contributed by atoms with E-state index in [0.29, 0.717) is 30.7 Å². The van der Waals surface area contributed by atoms with Gasteiger partial charge in [0.1, 0.15) is 0 Å². The molecule has 1 rings (SSSR count). The van der Waals surface area contributed by atoms with Crippen molar-refractivity contribution in [2.45, 2.75) is 18.9 Å². The molecule has 1 aromatic rings. The highest BCUT2D eigenvalue weighted by Crippen LogP contribution is 2.11. The van der Waals surface area contributed by atoms with Crippen LogP contribution in [0, 0.1) is 0 Å². The fraction of sp³-hybridized carbons (Fsp3) is 0.385.